The fourth-order valence-electron chi connectivity index (χ4n) is 3.32. The monoisotopic (exact) mass is 541 g/mol. The molecule has 0 fully saturated rings. The molecule has 0 unspecified atom stereocenters. The van der Waals surface area contributed by atoms with Crippen LogP contribution in [-0.2, 0) is 30.4 Å². The lowest BCUT2D eigenvalue weighted by atomic mass is 10.1. The lowest BCUT2D eigenvalue weighted by molar-refractivity contribution is 0.481. The number of fused-ring (bicyclic) bond motifs is 2. The second-order valence-electron chi connectivity index (χ2n) is 7.25. The first-order chi connectivity index (χ1) is 16.0. The van der Waals surface area contributed by atoms with Crippen LogP contribution in [0.2, 0.25) is 0 Å². The molecule has 0 aliphatic rings. The first-order valence-corrected chi connectivity index (χ1v) is 13.6. The second kappa shape index (κ2) is 8.95. The number of benzene rings is 4. The maximum atomic E-state index is 11.2. The number of anilines is 3. The number of rotatable bonds is 3. The summed E-state index contributed by atoms with van der Waals surface area (Å²) < 4.78 is 94.0. The van der Waals surface area contributed by atoms with Crippen molar-refractivity contribution >= 4 is 69.0 Å². The van der Waals surface area contributed by atoms with Crippen LogP contribution in [-0.4, -0.2) is 38.9 Å². The van der Waals surface area contributed by atoms with E-state index in [0.717, 1.165) is 12.1 Å². The van der Waals surface area contributed by atoms with E-state index in [0.29, 0.717) is 22.1 Å². The van der Waals surface area contributed by atoms with E-state index < -0.39 is 40.1 Å². The van der Waals surface area contributed by atoms with E-state index in [9.17, 15) is 25.3 Å². The molecule has 0 saturated carbocycles. The molecule has 4 aromatic carbocycles. The zero-order valence-electron chi connectivity index (χ0n) is 17.5. The van der Waals surface area contributed by atoms with Gasteiger partial charge < -0.3 is 17.2 Å². The Morgan fingerprint density at radius 2 is 1.09 bits per heavy atom. The predicted octanol–water partition coefficient (Wildman–Crippen LogP) is 2.17. The van der Waals surface area contributed by atoms with E-state index in [1.165, 1.54) is 36.4 Å². The number of nitrogens with two attached hydrogens (primary N) is 3. The van der Waals surface area contributed by atoms with Crippen LogP contribution in [0.15, 0.2) is 75.4 Å². The molecule has 0 radical (unpaired) electrons. The minimum absolute atomic E-state index is 0.0492. The molecule has 0 aliphatic heterocycles. The molecule has 35 heavy (non-hydrogen) atoms. The van der Waals surface area contributed by atoms with Gasteiger partial charge in [-0.2, -0.15) is 25.3 Å². The van der Waals surface area contributed by atoms with Gasteiger partial charge in [-0.1, -0.05) is 18.2 Å². The molecule has 0 bridgehead atoms. The van der Waals surface area contributed by atoms with Crippen molar-refractivity contribution in [2.45, 2.75) is 14.7 Å². The van der Waals surface area contributed by atoms with Crippen molar-refractivity contribution in [2.24, 2.45) is 0 Å². The summed E-state index contributed by atoms with van der Waals surface area (Å²) in [5, 5.41) is 1.03. The van der Waals surface area contributed by atoms with Crippen molar-refractivity contribution in [3.63, 3.8) is 0 Å². The summed E-state index contributed by atoms with van der Waals surface area (Å²) >= 11 is 0. The molecule has 12 nitrogen and oxygen atoms in total. The smallest absolute Gasteiger partial charge is 0.295 e. The van der Waals surface area contributed by atoms with Crippen molar-refractivity contribution in [2.75, 3.05) is 17.2 Å². The highest BCUT2D eigenvalue weighted by Gasteiger charge is 2.20. The Balaban J connectivity index is 0.000000198. The fourth-order valence-corrected chi connectivity index (χ4v) is 5.26. The van der Waals surface area contributed by atoms with Crippen LogP contribution in [0.4, 0.5) is 17.1 Å². The van der Waals surface area contributed by atoms with Crippen LogP contribution in [0.1, 0.15) is 0 Å². The number of nitrogen functional groups attached to an aromatic ring is 3. The lowest BCUT2D eigenvalue weighted by Gasteiger charge is -2.08. The van der Waals surface area contributed by atoms with Gasteiger partial charge in [-0.3, -0.25) is 13.7 Å². The molecule has 186 valence electrons. The van der Waals surface area contributed by atoms with Gasteiger partial charge in [-0.25, -0.2) is 0 Å². The number of hydrogen-bond acceptors (Lipinski definition) is 9. The Kier molecular flexibility index (Phi) is 6.69. The maximum Gasteiger partial charge on any atom is 0.295 e. The van der Waals surface area contributed by atoms with Gasteiger partial charge in [-0.05, 0) is 42.5 Å². The van der Waals surface area contributed by atoms with Crippen LogP contribution in [0.5, 0.6) is 0 Å². The van der Waals surface area contributed by atoms with Crippen molar-refractivity contribution in [3.05, 3.63) is 60.7 Å². The molecule has 0 spiro atoms. The highest BCUT2D eigenvalue weighted by molar-refractivity contribution is 7.86. The van der Waals surface area contributed by atoms with Gasteiger partial charge in [0.1, 0.15) is 9.79 Å². The SMILES string of the molecule is Nc1cc(S(=O)(=O)O)c2cccc(S(=O)(=O)O)c2c1.Nc1ccc(N)c2cc(S(=O)(=O)O)ccc12. The third-order valence-electron chi connectivity index (χ3n) is 4.85. The van der Waals surface area contributed by atoms with Gasteiger partial charge in [0, 0.05) is 38.6 Å². The van der Waals surface area contributed by atoms with Gasteiger partial charge in [-0.15, -0.1) is 0 Å². The van der Waals surface area contributed by atoms with Crippen LogP contribution >= 0.6 is 0 Å². The van der Waals surface area contributed by atoms with E-state index in [1.54, 1.807) is 12.1 Å². The molecule has 9 N–H and O–H groups in total. The van der Waals surface area contributed by atoms with Gasteiger partial charge in [0.05, 0.1) is 4.90 Å². The molecule has 15 heteroatoms. The van der Waals surface area contributed by atoms with Crippen LogP contribution in [0, 0.1) is 0 Å². The van der Waals surface area contributed by atoms with Crippen molar-refractivity contribution < 1.29 is 38.9 Å². The molecule has 0 aromatic heterocycles. The summed E-state index contributed by atoms with van der Waals surface area (Å²) in [6, 6.07) is 13.2. The Hall–Kier alpha value is -3.47. The van der Waals surface area contributed by atoms with Crippen LogP contribution < -0.4 is 17.2 Å². The first kappa shape index (κ1) is 26.1. The predicted molar refractivity (Wildman–Crippen MR) is 131 cm³/mol. The minimum atomic E-state index is -4.57. The molecular formula is C20H19N3O9S3. The Morgan fingerprint density at radius 1 is 0.514 bits per heavy atom. The molecular weight excluding hydrogens is 522 g/mol. The Morgan fingerprint density at radius 3 is 1.63 bits per heavy atom. The molecule has 0 heterocycles. The van der Waals surface area contributed by atoms with E-state index in [4.69, 9.17) is 30.9 Å². The van der Waals surface area contributed by atoms with Gasteiger partial charge >= 0.3 is 0 Å². The Labute approximate surface area is 200 Å². The Bertz CT molecular complexity index is 1800. The minimum Gasteiger partial charge on any atom is -0.399 e. The average molecular weight is 542 g/mol. The van der Waals surface area contributed by atoms with Crippen molar-refractivity contribution in [1.29, 1.82) is 0 Å². The summed E-state index contributed by atoms with van der Waals surface area (Å²) in [5.74, 6) is 0. The normalized spacial score (nSPS) is 12.3. The third-order valence-corrected chi connectivity index (χ3v) is 7.50. The third kappa shape index (κ3) is 5.61. The van der Waals surface area contributed by atoms with Gasteiger partial charge in [0.25, 0.3) is 30.4 Å². The van der Waals surface area contributed by atoms with E-state index >= 15 is 0 Å². The summed E-state index contributed by atoms with van der Waals surface area (Å²) in [4.78, 5) is -1.20. The number of hydrogen-bond donors (Lipinski definition) is 6. The second-order valence-corrected chi connectivity index (χ2v) is 11.4. The van der Waals surface area contributed by atoms with Crippen LogP contribution in [0.25, 0.3) is 21.5 Å². The van der Waals surface area contributed by atoms with E-state index in [1.807, 2.05) is 0 Å². The summed E-state index contributed by atoms with van der Waals surface area (Å²) in [6.45, 7) is 0. The van der Waals surface area contributed by atoms with E-state index in [2.05, 4.69) is 0 Å². The summed E-state index contributed by atoms with van der Waals surface area (Å²) in [5.41, 5.74) is 17.8. The quantitative estimate of drug-likeness (QED) is 0.161. The van der Waals surface area contributed by atoms with Crippen molar-refractivity contribution in [1.82, 2.24) is 0 Å². The van der Waals surface area contributed by atoms with Gasteiger partial charge in [0.2, 0.25) is 0 Å². The lowest BCUT2D eigenvalue weighted by Crippen LogP contribution is -2.04. The maximum absolute atomic E-state index is 11.2. The summed E-state index contributed by atoms with van der Waals surface area (Å²) in [6.07, 6.45) is 0. The molecule has 4 aromatic rings. The zero-order valence-corrected chi connectivity index (χ0v) is 20.0. The fraction of sp³-hybridized carbons (Fsp3) is 0. The molecule has 0 atom stereocenters. The molecule has 0 amide bonds. The highest BCUT2D eigenvalue weighted by Crippen LogP contribution is 2.31. The highest BCUT2D eigenvalue weighted by atomic mass is 32.2. The topological polar surface area (TPSA) is 241 Å². The molecule has 0 aliphatic carbocycles. The van der Waals surface area contributed by atoms with Crippen LogP contribution in [0.3, 0.4) is 0 Å². The average Bonchev–Trinajstić information content (AvgIpc) is 2.73. The van der Waals surface area contributed by atoms with Gasteiger partial charge in [0.15, 0.2) is 0 Å². The molecule has 4 rings (SSSR count). The standard InChI is InChI=1S/C10H10N2O3S.C10H9NO6S2/c11-9-3-4-10(12)8-5-6(16(13,14)15)1-2-7(8)9;11-6-4-8-7(10(5-6)19(15,16)17)2-1-3-9(8)18(12,13)14/h1-5H,11-12H2,(H,13,14,15);1-5H,11H2,(H,12,13,14)(H,15,16,17). The molecule has 0 saturated heterocycles. The largest absolute Gasteiger partial charge is 0.399 e. The zero-order chi connectivity index (χ0) is 26.3. The van der Waals surface area contributed by atoms with E-state index in [-0.39, 0.29) is 21.4 Å². The van der Waals surface area contributed by atoms with Crippen molar-refractivity contribution in [3.8, 4) is 0 Å². The summed E-state index contributed by atoms with van der Waals surface area (Å²) in [7, 11) is -13.3. The first-order valence-electron chi connectivity index (χ1n) is 9.32.